The van der Waals surface area contributed by atoms with Crippen molar-refractivity contribution < 1.29 is 18.3 Å². The van der Waals surface area contributed by atoms with Crippen LogP contribution in [0.25, 0.3) is 0 Å². The number of carbonyl (C=O) groups is 1. The average molecular weight is 277 g/mol. The molecule has 0 saturated carbocycles. The van der Waals surface area contributed by atoms with Gasteiger partial charge >= 0.3 is 0 Å². The first-order valence-corrected chi connectivity index (χ1v) is 5.94. The maximum atomic E-state index is 13.6. The molecule has 104 valence electrons. The van der Waals surface area contributed by atoms with Crippen molar-refractivity contribution in [2.45, 2.75) is 13.5 Å². The van der Waals surface area contributed by atoms with Gasteiger partial charge in [0.25, 0.3) is 0 Å². The minimum atomic E-state index is -0.645. The molecule has 3 nitrogen and oxygen atoms in total. The van der Waals surface area contributed by atoms with Crippen molar-refractivity contribution in [1.29, 1.82) is 0 Å². The SMILES string of the molecule is Cc1ccc(F)cc1OCc1cc(C(N)=O)ccc1F. The lowest BCUT2D eigenvalue weighted by molar-refractivity contribution is 0.1000. The lowest BCUT2D eigenvalue weighted by Crippen LogP contribution is -2.12. The average Bonchev–Trinajstić information content (AvgIpc) is 2.41. The molecule has 0 saturated heterocycles. The van der Waals surface area contributed by atoms with Crippen LogP contribution in [0.5, 0.6) is 5.75 Å². The number of ether oxygens (including phenoxy) is 1. The summed E-state index contributed by atoms with van der Waals surface area (Å²) in [5.41, 5.74) is 6.25. The Balaban J connectivity index is 2.20. The lowest BCUT2D eigenvalue weighted by Gasteiger charge is -2.10. The number of carbonyl (C=O) groups excluding carboxylic acids is 1. The van der Waals surface area contributed by atoms with E-state index in [1.165, 1.54) is 24.3 Å². The molecule has 2 aromatic carbocycles. The molecule has 0 aromatic heterocycles. The Morgan fingerprint density at radius 1 is 1.20 bits per heavy atom. The van der Waals surface area contributed by atoms with Crippen molar-refractivity contribution in [1.82, 2.24) is 0 Å². The summed E-state index contributed by atoms with van der Waals surface area (Å²) in [6.07, 6.45) is 0. The summed E-state index contributed by atoms with van der Waals surface area (Å²) in [4.78, 5) is 11.0. The van der Waals surface area contributed by atoms with Crippen LogP contribution < -0.4 is 10.5 Å². The molecule has 0 atom stereocenters. The van der Waals surface area contributed by atoms with Crippen molar-refractivity contribution in [3.63, 3.8) is 0 Å². The van der Waals surface area contributed by atoms with Crippen LogP contribution in [-0.2, 0) is 6.61 Å². The van der Waals surface area contributed by atoms with Crippen LogP contribution in [0.3, 0.4) is 0 Å². The van der Waals surface area contributed by atoms with E-state index in [0.29, 0.717) is 5.75 Å². The predicted molar refractivity (Wildman–Crippen MR) is 70.4 cm³/mol. The Morgan fingerprint density at radius 3 is 2.65 bits per heavy atom. The Hall–Kier alpha value is -2.43. The summed E-state index contributed by atoms with van der Waals surface area (Å²) in [5.74, 6) is -1.26. The second-order valence-corrected chi connectivity index (χ2v) is 4.37. The molecule has 2 rings (SSSR count). The Morgan fingerprint density at radius 2 is 1.95 bits per heavy atom. The highest BCUT2D eigenvalue weighted by molar-refractivity contribution is 5.92. The van der Waals surface area contributed by atoms with Gasteiger partial charge in [0.15, 0.2) is 0 Å². The number of rotatable bonds is 4. The van der Waals surface area contributed by atoms with Gasteiger partial charge in [-0.3, -0.25) is 4.79 Å². The molecule has 0 aliphatic rings. The number of hydrogen-bond donors (Lipinski definition) is 1. The first-order valence-electron chi connectivity index (χ1n) is 5.94. The van der Waals surface area contributed by atoms with Gasteiger partial charge in [0.05, 0.1) is 0 Å². The number of primary amides is 1. The lowest BCUT2D eigenvalue weighted by atomic mass is 10.1. The fourth-order valence-corrected chi connectivity index (χ4v) is 1.72. The molecule has 0 unspecified atom stereocenters. The minimum absolute atomic E-state index is 0.114. The largest absolute Gasteiger partial charge is 0.488 e. The molecule has 0 aliphatic carbocycles. The minimum Gasteiger partial charge on any atom is -0.488 e. The second-order valence-electron chi connectivity index (χ2n) is 4.37. The van der Waals surface area contributed by atoms with E-state index in [9.17, 15) is 13.6 Å². The molecule has 2 N–H and O–H groups in total. The van der Waals surface area contributed by atoms with Gasteiger partial charge in [-0.05, 0) is 36.8 Å². The molecule has 0 fully saturated rings. The monoisotopic (exact) mass is 277 g/mol. The van der Waals surface area contributed by atoms with E-state index in [0.717, 1.165) is 11.6 Å². The second kappa shape index (κ2) is 5.69. The molecule has 0 aliphatic heterocycles. The van der Waals surface area contributed by atoms with Crippen molar-refractivity contribution in [2.24, 2.45) is 5.73 Å². The molecule has 0 heterocycles. The van der Waals surface area contributed by atoms with E-state index in [-0.39, 0.29) is 17.7 Å². The van der Waals surface area contributed by atoms with Gasteiger partial charge in [-0.2, -0.15) is 0 Å². The Kier molecular flexibility index (Phi) is 3.98. The Bertz CT molecular complexity index is 656. The molecule has 0 bridgehead atoms. The summed E-state index contributed by atoms with van der Waals surface area (Å²) in [6.45, 7) is 1.64. The number of amides is 1. The van der Waals surface area contributed by atoms with Crippen LogP contribution in [0.15, 0.2) is 36.4 Å². The highest BCUT2D eigenvalue weighted by atomic mass is 19.1. The molecule has 1 amide bonds. The number of nitrogens with two attached hydrogens (primary N) is 1. The van der Waals surface area contributed by atoms with Gasteiger partial charge in [-0.1, -0.05) is 6.07 Å². The molecule has 5 heteroatoms. The van der Waals surface area contributed by atoms with Crippen molar-refractivity contribution in [3.8, 4) is 5.75 Å². The number of halogens is 2. The first-order chi connectivity index (χ1) is 9.47. The molecule has 0 radical (unpaired) electrons. The van der Waals surface area contributed by atoms with Gasteiger partial charge in [-0.15, -0.1) is 0 Å². The zero-order valence-corrected chi connectivity index (χ0v) is 10.8. The third kappa shape index (κ3) is 3.12. The zero-order chi connectivity index (χ0) is 14.7. The summed E-state index contributed by atoms with van der Waals surface area (Å²) in [7, 11) is 0. The van der Waals surface area contributed by atoms with Gasteiger partial charge in [0.1, 0.15) is 24.0 Å². The van der Waals surface area contributed by atoms with Gasteiger partial charge in [0.2, 0.25) is 5.91 Å². The van der Waals surface area contributed by atoms with Crippen molar-refractivity contribution in [2.75, 3.05) is 0 Å². The zero-order valence-electron chi connectivity index (χ0n) is 10.8. The van der Waals surface area contributed by atoms with E-state index in [2.05, 4.69) is 0 Å². The maximum Gasteiger partial charge on any atom is 0.248 e. The van der Waals surface area contributed by atoms with E-state index >= 15 is 0 Å². The predicted octanol–water partition coefficient (Wildman–Crippen LogP) is 2.95. The van der Waals surface area contributed by atoms with Gasteiger partial charge < -0.3 is 10.5 Å². The van der Waals surface area contributed by atoms with Crippen LogP contribution in [0.4, 0.5) is 8.78 Å². The highest BCUT2D eigenvalue weighted by Crippen LogP contribution is 2.21. The van der Waals surface area contributed by atoms with Crippen LogP contribution >= 0.6 is 0 Å². The van der Waals surface area contributed by atoms with Crippen LogP contribution in [0.1, 0.15) is 21.5 Å². The third-order valence-corrected chi connectivity index (χ3v) is 2.86. The molecular formula is C15H13F2NO2. The smallest absolute Gasteiger partial charge is 0.248 e. The topological polar surface area (TPSA) is 52.3 Å². The van der Waals surface area contributed by atoms with Gasteiger partial charge in [0, 0.05) is 17.2 Å². The summed E-state index contributed by atoms with van der Waals surface area (Å²) in [5, 5.41) is 0. The molecule has 2 aromatic rings. The number of hydrogen-bond acceptors (Lipinski definition) is 2. The first kappa shape index (κ1) is 14.0. The Labute approximate surface area is 115 Å². The van der Waals surface area contributed by atoms with E-state index in [1.807, 2.05) is 0 Å². The van der Waals surface area contributed by atoms with Crippen molar-refractivity contribution in [3.05, 3.63) is 64.7 Å². The molecular weight excluding hydrogens is 264 g/mol. The van der Waals surface area contributed by atoms with Gasteiger partial charge in [-0.25, -0.2) is 8.78 Å². The fraction of sp³-hybridized carbons (Fsp3) is 0.133. The number of aryl methyl sites for hydroxylation is 1. The normalized spacial score (nSPS) is 10.3. The highest BCUT2D eigenvalue weighted by Gasteiger charge is 2.09. The third-order valence-electron chi connectivity index (χ3n) is 2.86. The maximum absolute atomic E-state index is 13.6. The quantitative estimate of drug-likeness (QED) is 0.934. The van der Waals surface area contributed by atoms with Crippen LogP contribution in [0, 0.1) is 18.6 Å². The fourth-order valence-electron chi connectivity index (χ4n) is 1.72. The molecule has 20 heavy (non-hydrogen) atoms. The van der Waals surface area contributed by atoms with E-state index < -0.39 is 17.5 Å². The van der Waals surface area contributed by atoms with Crippen LogP contribution in [0.2, 0.25) is 0 Å². The summed E-state index contributed by atoms with van der Waals surface area (Å²) < 4.78 is 32.1. The standard InChI is InChI=1S/C15H13F2NO2/c1-9-2-4-12(16)7-14(9)20-8-11-6-10(15(18)19)3-5-13(11)17/h2-7H,8H2,1H3,(H2,18,19). The van der Waals surface area contributed by atoms with Crippen LogP contribution in [-0.4, -0.2) is 5.91 Å². The van der Waals surface area contributed by atoms with Crippen molar-refractivity contribution >= 4 is 5.91 Å². The molecule has 0 spiro atoms. The number of benzene rings is 2. The van der Waals surface area contributed by atoms with E-state index in [1.54, 1.807) is 13.0 Å². The summed E-state index contributed by atoms with van der Waals surface area (Å²) >= 11 is 0. The van der Waals surface area contributed by atoms with E-state index in [4.69, 9.17) is 10.5 Å². The summed E-state index contributed by atoms with van der Waals surface area (Å²) in [6, 6.07) is 7.89.